The minimum atomic E-state index is -1.70. The molecule has 188 valence electrons. The fourth-order valence-corrected chi connectivity index (χ4v) is 3.14. The monoisotopic (exact) mass is 480 g/mol. The zero-order valence-electron chi connectivity index (χ0n) is 20.3. The first-order valence-electron chi connectivity index (χ1n) is 10.8. The number of carbonyl (C=O) groups is 5. The maximum atomic E-state index is 13.1. The zero-order valence-corrected chi connectivity index (χ0v) is 20.3. The van der Waals surface area contributed by atoms with Gasteiger partial charge in [-0.1, -0.05) is 0 Å². The highest BCUT2D eigenvalue weighted by Gasteiger charge is 2.42. The average Bonchev–Trinajstić information content (AvgIpc) is 2.75. The lowest BCUT2D eigenvalue weighted by molar-refractivity contribution is -0.190. The lowest BCUT2D eigenvalue weighted by Crippen LogP contribution is -2.52. The SMILES string of the molecule is CCN(CC)c1ccc(NC(=O)[C@@H](OC(C)=O)[C@H](OC(C)=O)[C@@H](COC(C)=O)OC(C)=O)cc1. The molecule has 0 aliphatic heterocycles. The maximum Gasteiger partial charge on any atom is 0.303 e. The average molecular weight is 481 g/mol. The van der Waals surface area contributed by atoms with Crippen molar-refractivity contribution in [2.24, 2.45) is 0 Å². The molecule has 1 N–H and O–H groups in total. The molecule has 0 aliphatic carbocycles. The van der Waals surface area contributed by atoms with E-state index in [9.17, 15) is 24.0 Å². The van der Waals surface area contributed by atoms with Crippen molar-refractivity contribution < 1.29 is 42.9 Å². The van der Waals surface area contributed by atoms with Gasteiger partial charge in [0.05, 0.1) is 0 Å². The predicted molar refractivity (Wildman–Crippen MR) is 122 cm³/mol. The minimum Gasteiger partial charge on any atom is -0.462 e. The highest BCUT2D eigenvalue weighted by Crippen LogP contribution is 2.20. The number of carbonyl (C=O) groups excluding carboxylic acids is 5. The molecule has 0 spiro atoms. The van der Waals surface area contributed by atoms with Crippen molar-refractivity contribution in [2.75, 3.05) is 29.9 Å². The van der Waals surface area contributed by atoms with E-state index in [4.69, 9.17) is 18.9 Å². The maximum absolute atomic E-state index is 13.1. The first-order valence-corrected chi connectivity index (χ1v) is 10.8. The Kier molecular flexibility index (Phi) is 11.5. The summed E-state index contributed by atoms with van der Waals surface area (Å²) in [7, 11) is 0. The molecule has 0 unspecified atom stereocenters. The molecule has 0 heterocycles. The molecular formula is C23H32N2O9. The molecule has 3 atom stereocenters. The molecule has 34 heavy (non-hydrogen) atoms. The second-order valence-electron chi connectivity index (χ2n) is 7.26. The third-order valence-electron chi connectivity index (χ3n) is 4.55. The van der Waals surface area contributed by atoms with Crippen molar-refractivity contribution in [2.45, 2.75) is 59.9 Å². The van der Waals surface area contributed by atoms with Gasteiger partial charge >= 0.3 is 23.9 Å². The lowest BCUT2D eigenvalue weighted by Gasteiger charge is -2.30. The molecule has 0 fully saturated rings. The summed E-state index contributed by atoms with van der Waals surface area (Å²) in [6, 6.07) is 6.96. The fraction of sp³-hybridized carbons (Fsp3) is 0.522. The minimum absolute atomic E-state index is 0.392. The summed E-state index contributed by atoms with van der Waals surface area (Å²) in [6.45, 7) is 9.47. The number of benzene rings is 1. The van der Waals surface area contributed by atoms with E-state index in [0.717, 1.165) is 46.5 Å². The van der Waals surface area contributed by atoms with E-state index < -0.39 is 54.7 Å². The number of hydrogen-bond donors (Lipinski definition) is 1. The Morgan fingerprint density at radius 2 is 1.32 bits per heavy atom. The smallest absolute Gasteiger partial charge is 0.303 e. The van der Waals surface area contributed by atoms with Crippen molar-refractivity contribution in [3.8, 4) is 0 Å². The highest BCUT2D eigenvalue weighted by atomic mass is 16.6. The third kappa shape index (κ3) is 9.47. The van der Waals surface area contributed by atoms with E-state index in [1.807, 2.05) is 26.0 Å². The molecule has 1 aromatic rings. The topological polar surface area (TPSA) is 138 Å². The Morgan fingerprint density at radius 3 is 1.76 bits per heavy atom. The van der Waals surface area contributed by atoms with E-state index in [2.05, 4.69) is 10.2 Å². The van der Waals surface area contributed by atoms with Gasteiger partial charge in [-0.2, -0.15) is 0 Å². The standard InChI is InChI=1S/C23H32N2O9/c1-7-25(8-2)19-11-9-18(10-12-19)24-23(30)22(34-17(6)29)21(33-16(5)28)20(32-15(4)27)13-31-14(3)26/h9-12,20-22H,7-8,13H2,1-6H3,(H,24,30)/t20-,21-,22+/m1/s1. The molecule has 0 saturated carbocycles. The summed E-state index contributed by atoms with van der Waals surface area (Å²) in [4.78, 5) is 61.6. The normalized spacial score (nSPS) is 13.0. The molecule has 0 aromatic heterocycles. The number of nitrogens with zero attached hydrogens (tertiary/aromatic N) is 1. The van der Waals surface area contributed by atoms with E-state index in [-0.39, 0.29) is 0 Å². The van der Waals surface area contributed by atoms with Gasteiger partial charge < -0.3 is 29.2 Å². The molecule has 11 heteroatoms. The molecule has 1 rings (SSSR count). The van der Waals surface area contributed by atoms with Gasteiger partial charge in [-0.15, -0.1) is 0 Å². The number of hydrogen-bond acceptors (Lipinski definition) is 10. The van der Waals surface area contributed by atoms with Crippen LogP contribution in [0.5, 0.6) is 0 Å². The zero-order chi connectivity index (χ0) is 25.8. The molecule has 11 nitrogen and oxygen atoms in total. The second kappa shape index (κ2) is 13.8. The number of amides is 1. The van der Waals surface area contributed by atoms with Crippen LogP contribution >= 0.6 is 0 Å². The van der Waals surface area contributed by atoms with Crippen LogP contribution in [-0.4, -0.2) is 67.8 Å². The van der Waals surface area contributed by atoms with Crippen LogP contribution in [0.3, 0.4) is 0 Å². The molecule has 0 aliphatic rings. The Hall–Kier alpha value is -3.63. The van der Waals surface area contributed by atoms with Crippen molar-refractivity contribution in [1.82, 2.24) is 0 Å². The molecule has 0 bridgehead atoms. The number of rotatable bonds is 12. The number of ether oxygens (including phenoxy) is 4. The Morgan fingerprint density at radius 1 is 0.794 bits per heavy atom. The number of anilines is 2. The Labute approximate surface area is 198 Å². The Bertz CT molecular complexity index is 866. The molecule has 0 radical (unpaired) electrons. The van der Waals surface area contributed by atoms with Crippen LogP contribution in [0.2, 0.25) is 0 Å². The van der Waals surface area contributed by atoms with Gasteiger partial charge in [0.2, 0.25) is 6.10 Å². The number of esters is 4. The van der Waals surface area contributed by atoms with Crippen LogP contribution < -0.4 is 10.2 Å². The van der Waals surface area contributed by atoms with Crippen LogP contribution in [0.25, 0.3) is 0 Å². The van der Waals surface area contributed by atoms with Crippen molar-refractivity contribution in [3.63, 3.8) is 0 Å². The predicted octanol–water partition coefficient (Wildman–Crippen LogP) is 1.83. The third-order valence-corrected chi connectivity index (χ3v) is 4.55. The van der Waals surface area contributed by atoms with Gasteiger partial charge in [-0.05, 0) is 38.1 Å². The van der Waals surface area contributed by atoms with Gasteiger partial charge in [0.15, 0.2) is 12.2 Å². The van der Waals surface area contributed by atoms with E-state index >= 15 is 0 Å². The van der Waals surface area contributed by atoms with E-state index in [1.54, 1.807) is 12.1 Å². The summed E-state index contributed by atoms with van der Waals surface area (Å²) in [5.41, 5.74) is 1.34. The largest absolute Gasteiger partial charge is 0.462 e. The van der Waals surface area contributed by atoms with Gasteiger partial charge in [0.25, 0.3) is 5.91 Å². The first kappa shape index (κ1) is 28.4. The lowest BCUT2D eigenvalue weighted by atomic mass is 10.1. The van der Waals surface area contributed by atoms with Crippen molar-refractivity contribution in [3.05, 3.63) is 24.3 Å². The molecular weight excluding hydrogens is 448 g/mol. The van der Waals surface area contributed by atoms with Gasteiger partial charge in [-0.3, -0.25) is 24.0 Å². The summed E-state index contributed by atoms with van der Waals surface area (Å²) < 4.78 is 20.4. The quantitative estimate of drug-likeness (QED) is 0.348. The summed E-state index contributed by atoms with van der Waals surface area (Å²) in [6.07, 6.45) is -4.70. The molecule has 0 saturated heterocycles. The highest BCUT2D eigenvalue weighted by molar-refractivity contribution is 5.96. The van der Waals surface area contributed by atoms with Crippen LogP contribution in [0.4, 0.5) is 11.4 Å². The molecule has 1 aromatic carbocycles. The first-order chi connectivity index (χ1) is 16.0. The van der Waals surface area contributed by atoms with Crippen molar-refractivity contribution in [1.29, 1.82) is 0 Å². The fourth-order valence-electron chi connectivity index (χ4n) is 3.14. The van der Waals surface area contributed by atoms with Gasteiger partial charge in [0.1, 0.15) is 6.61 Å². The van der Waals surface area contributed by atoms with Crippen LogP contribution in [-0.2, 0) is 42.9 Å². The van der Waals surface area contributed by atoms with Crippen molar-refractivity contribution >= 4 is 41.2 Å². The van der Waals surface area contributed by atoms with E-state index in [0.29, 0.717) is 5.69 Å². The summed E-state index contributed by atoms with van der Waals surface area (Å²) in [5.74, 6) is -4.00. The van der Waals surface area contributed by atoms with Crippen LogP contribution in [0, 0.1) is 0 Å². The van der Waals surface area contributed by atoms with Gasteiger partial charge in [0, 0.05) is 52.2 Å². The van der Waals surface area contributed by atoms with Gasteiger partial charge in [-0.25, -0.2) is 0 Å². The summed E-state index contributed by atoms with van der Waals surface area (Å²) >= 11 is 0. The summed E-state index contributed by atoms with van der Waals surface area (Å²) in [5, 5.41) is 2.60. The number of nitrogens with one attached hydrogen (secondary N) is 1. The van der Waals surface area contributed by atoms with Crippen LogP contribution in [0.15, 0.2) is 24.3 Å². The molecule has 1 amide bonds. The Balaban J connectivity index is 3.25. The van der Waals surface area contributed by atoms with E-state index in [1.165, 1.54) is 0 Å². The van der Waals surface area contributed by atoms with Crippen LogP contribution in [0.1, 0.15) is 41.5 Å². The second-order valence-corrected chi connectivity index (χ2v) is 7.26.